The van der Waals surface area contributed by atoms with E-state index in [2.05, 4.69) is 0 Å². The van der Waals surface area contributed by atoms with Gasteiger partial charge in [0, 0.05) is 6.42 Å². The zero-order chi connectivity index (χ0) is 8.15. The van der Waals surface area contributed by atoms with Crippen LogP contribution in [0.1, 0.15) is 13.3 Å². The van der Waals surface area contributed by atoms with Crippen LogP contribution in [0.4, 0.5) is 0 Å². The van der Waals surface area contributed by atoms with E-state index in [4.69, 9.17) is 20.4 Å². The fraction of sp³-hybridized carbons (Fsp3) is 1.00. The molecule has 0 rings (SSSR count). The molecule has 0 saturated carbocycles. The summed E-state index contributed by atoms with van der Waals surface area (Å²) >= 11 is 0. The molecule has 0 fully saturated rings. The highest BCUT2D eigenvalue weighted by Crippen LogP contribution is 2.01. The summed E-state index contributed by atoms with van der Waals surface area (Å²) in [6.07, 6.45) is -2.75. The van der Waals surface area contributed by atoms with Gasteiger partial charge in [-0.2, -0.15) is 0 Å². The molecule has 0 aromatic carbocycles. The van der Waals surface area contributed by atoms with Gasteiger partial charge in [-0.05, 0) is 6.92 Å². The van der Waals surface area contributed by atoms with Crippen molar-refractivity contribution in [3.05, 3.63) is 0 Å². The van der Waals surface area contributed by atoms with Crippen LogP contribution >= 0.6 is 0 Å². The van der Waals surface area contributed by atoms with Crippen molar-refractivity contribution in [1.29, 1.82) is 0 Å². The largest absolute Gasteiger partial charge is 0.394 e. The van der Waals surface area contributed by atoms with Gasteiger partial charge in [0.15, 0.2) is 0 Å². The minimum Gasteiger partial charge on any atom is -0.394 e. The standard InChI is InChI=1S/C6H14O4/c1-4(8)2-5(9)6(10)3-7/h4-10H,2-3H2,1H3/t4-,5-,6-/m1/s1. The minimum atomic E-state index is -1.14. The predicted molar refractivity (Wildman–Crippen MR) is 35.4 cm³/mol. The van der Waals surface area contributed by atoms with Crippen molar-refractivity contribution in [1.82, 2.24) is 0 Å². The average Bonchev–Trinajstić information content (AvgIpc) is 1.85. The maximum absolute atomic E-state index is 8.92. The van der Waals surface area contributed by atoms with Crippen LogP contribution in [0.25, 0.3) is 0 Å². The Morgan fingerprint density at radius 3 is 1.90 bits per heavy atom. The SMILES string of the molecule is C[C@@H](O)C[C@@H](O)[C@H](O)CO. The van der Waals surface area contributed by atoms with Gasteiger partial charge in [-0.25, -0.2) is 0 Å². The highest BCUT2D eigenvalue weighted by atomic mass is 16.4. The average molecular weight is 150 g/mol. The molecule has 0 aromatic heterocycles. The zero-order valence-electron chi connectivity index (χ0n) is 5.94. The second-order valence-corrected chi connectivity index (χ2v) is 2.40. The number of aliphatic hydroxyl groups is 4. The fourth-order valence-electron chi connectivity index (χ4n) is 0.628. The summed E-state index contributed by atoms with van der Waals surface area (Å²) in [6, 6.07) is 0. The summed E-state index contributed by atoms with van der Waals surface area (Å²) in [5, 5.41) is 34.7. The van der Waals surface area contributed by atoms with Gasteiger partial charge in [0.2, 0.25) is 0 Å². The van der Waals surface area contributed by atoms with Crippen molar-refractivity contribution in [3.8, 4) is 0 Å². The van der Waals surface area contributed by atoms with E-state index in [0.29, 0.717) is 0 Å². The van der Waals surface area contributed by atoms with Crippen LogP contribution in [-0.2, 0) is 0 Å². The molecule has 62 valence electrons. The van der Waals surface area contributed by atoms with Crippen molar-refractivity contribution in [2.75, 3.05) is 6.61 Å². The zero-order valence-corrected chi connectivity index (χ0v) is 5.94. The van der Waals surface area contributed by atoms with E-state index < -0.39 is 24.9 Å². The van der Waals surface area contributed by atoms with E-state index in [-0.39, 0.29) is 6.42 Å². The summed E-state index contributed by atoms with van der Waals surface area (Å²) in [5.41, 5.74) is 0. The first-order valence-electron chi connectivity index (χ1n) is 3.23. The normalized spacial score (nSPS) is 20.1. The van der Waals surface area contributed by atoms with Crippen molar-refractivity contribution < 1.29 is 20.4 Å². The Kier molecular flexibility index (Phi) is 4.55. The van der Waals surface area contributed by atoms with Crippen molar-refractivity contribution in [2.24, 2.45) is 0 Å². The Hall–Kier alpha value is -0.160. The van der Waals surface area contributed by atoms with Gasteiger partial charge in [0.1, 0.15) is 6.10 Å². The first-order chi connectivity index (χ1) is 4.57. The Labute approximate surface area is 59.7 Å². The molecule has 0 amide bonds. The topological polar surface area (TPSA) is 80.9 Å². The van der Waals surface area contributed by atoms with E-state index in [1.165, 1.54) is 6.92 Å². The molecule has 3 atom stereocenters. The maximum atomic E-state index is 8.92. The van der Waals surface area contributed by atoms with E-state index in [0.717, 1.165) is 0 Å². The highest BCUT2D eigenvalue weighted by molar-refractivity contribution is 4.67. The van der Waals surface area contributed by atoms with Crippen LogP contribution < -0.4 is 0 Å². The summed E-state index contributed by atoms with van der Waals surface area (Å²) in [4.78, 5) is 0. The van der Waals surface area contributed by atoms with Crippen LogP contribution in [0.5, 0.6) is 0 Å². The van der Waals surface area contributed by atoms with E-state index >= 15 is 0 Å². The molecule has 0 aromatic rings. The third kappa shape index (κ3) is 3.79. The maximum Gasteiger partial charge on any atom is 0.103 e. The number of rotatable bonds is 4. The highest BCUT2D eigenvalue weighted by Gasteiger charge is 2.16. The molecule has 0 aliphatic carbocycles. The molecule has 4 nitrogen and oxygen atoms in total. The van der Waals surface area contributed by atoms with E-state index in [1.807, 2.05) is 0 Å². The minimum absolute atomic E-state index is 0.0850. The van der Waals surface area contributed by atoms with Gasteiger partial charge in [0.05, 0.1) is 18.8 Å². The van der Waals surface area contributed by atoms with Crippen LogP contribution in [0.3, 0.4) is 0 Å². The number of hydrogen-bond donors (Lipinski definition) is 4. The van der Waals surface area contributed by atoms with E-state index in [1.54, 1.807) is 0 Å². The molecular formula is C6H14O4. The molecule has 0 aliphatic rings. The lowest BCUT2D eigenvalue weighted by Crippen LogP contribution is -2.31. The van der Waals surface area contributed by atoms with Crippen LogP contribution in [0.2, 0.25) is 0 Å². The van der Waals surface area contributed by atoms with Gasteiger partial charge >= 0.3 is 0 Å². The summed E-state index contributed by atoms with van der Waals surface area (Å²) in [6.45, 7) is 1.03. The van der Waals surface area contributed by atoms with Crippen LogP contribution in [0.15, 0.2) is 0 Å². The monoisotopic (exact) mass is 150 g/mol. The first kappa shape index (κ1) is 9.84. The molecular weight excluding hydrogens is 136 g/mol. The molecule has 4 N–H and O–H groups in total. The van der Waals surface area contributed by atoms with Gasteiger partial charge in [-0.15, -0.1) is 0 Å². The third-order valence-electron chi connectivity index (χ3n) is 1.21. The third-order valence-corrected chi connectivity index (χ3v) is 1.21. The van der Waals surface area contributed by atoms with Gasteiger partial charge in [-0.1, -0.05) is 0 Å². The molecule has 0 bridgehead atoms. The van der Waals surface area contributed by atoms with Gasteiger partial charge in [-0.3, -0.25) is 0 Å². The molecule has 10 heavy (non-hydrogen) atoms. The Bertz CT molecular complexity index is 83.8. The lowest BCUT2D eigenvalue weighted by Gasteiger charge is -2.16. The van der Waals surface area contributed by atoms with Crippen molar-refractivity contribution in [2.45, 2.75) is 31.7 Å². The molecule has 0 aliphatic heterocycles. The summed E-state index contributed by atoms with van der Waals surface area (Å²) in [7, 11) is 0. The molecule has 0 unspecified atom stereocenters. The molecule has 0 saturated heterocycles. The summed E-state index contributed by atoms with van der Waals surface area (Å²) < 4.78 is 0. The molecule has 0 spiro atoms. The Morgan fingerprint density at radius 1 is 1.10 bits per heavy atom. The van der Waals surface area contributed by atoms with Gasteiger partial charge in [0.25, 0.3) is 0 Å². The quantitative estimate of drug-likeness (QED) is 0.392. The van der Waals surface area contributed by atoms with Crippen molar-refractivity contribution >= 4 is 0 Å². The number of aliphatic hydroxyl groups excluding tert-OH is 4. The fourth-order valence-corrected chi connectivity index (χ4v) is 0.628. The lowest BCUT2D eigenvalue weighted by molar-refractivity contribution is -0.0338. The predicted octanol–water partition coefficient (Wildman–Crippen LogP) is -1.53. The molecule has 4 heteroatoms. The Morgan fingerprint density at radius 2 is 1.60 bits per heavy atom. The second kappa shape index (κ2) is 4.62. The van der Waals surface area contributed by atoms with Gasteiger partial charge < -0.3 is 20.4 Å². The van der Waals surface area contributed by atoms with Crippen molar-refractivity contribution in [3.63, 3.8) is 0 Å². The lowest BCUT2D eigenvalue weighted by atomic mass is 10.1. The van der Waals surface area contributed by atoms with Crippen LogP contribution in [-0.4, -0.2) is 45.3 Å². The van der Waals surface area contributed by atoms with Crippen LogP contribution in [0, 0.1) is 0 Å². The molecule has 0 radical (unpaired) electrons. The first-order valence-corrected chi connectivity index (χ1v) is 3.23. The Balaban J connectivity index is 3.50. The number of hydrogen-bond acceptors (Lipinski definition) is 4. The summed E-state index contributed by atoms with van der Waals surface area (Å²) in [5.74, 6) is 0. The molecule has 0 heterocycles. The second-order valence-electron chi connectivity index (χ2n) is 2.40. The smallest absolute Gasteiger partial charge is 0.103 e. The van der Waals surface area contributed by atoms with E-state index in [9.17, 15) is 0 Å².